The molecule has 1 aromatic carbocycles. The summed E-state index contributed by atoms with van der Waals surface area (Å²) in [5.41, 5.74) is 8.23. The van der Waals surface area contributed by atoms with Gasteiger partial charge in [-0.2, -0.15) is 0 Å². The van der Waals surface area contributed by atoms with E-state index in [1.807, 2.05) is 35.7 Å². The van der Waals surface area contributed by atoms with Crippen LogP contribution in [0.5, 0.6) is 0 Å². The van der Waals surface area contributed by atoms with Gasteiger partial charge in [-0.1, -0.05) is 18.2 Å². The molecule has 0 saturated heterocycles. The summed E-state index contributed by atoms with van der Waals surface area (Å²) >= 11 is 1.36. The third-order valence-corrected chi connectivity index (χ3v) is 3.80. The molecular formula is C15H13N3OS. The van der Waals surface area contributed by atoms with Crippen LogP contribution in [0.2, 0.25) is 0 Å². The second-order valence-corrected chi connectivity index (χ2v) is 5.45. The van der Waals surface area contributed by atoms with Gasteiger partial charge in [0.25, 0.3) is 0 Å². The number of carbonyl (C=O) groups excluding carboxylic acids is 1. The van der Waals surface area contributed by atoms with E-state index in [1.165, 1.54) is 11.3 Å². The predicted octanol–water partition coefficient (Wildman–Crippen LogP) is 2.63. The van der Waals surface area contributed by atoms with Crippen LogP contribution in [0.4, 0.5) is 5.13 Å². The van der Waals surface area contributed by atoms with Crippen LogP contribution in [0, 0.1) is 0 Å². The molecule has 3 aromatic rings. The van der Waals surface area contributed by atoms with Gasteiger partial charge in [-0.25, -0.2) is 4.98 Å². The van der Waals surface area contributed by atoms with Gasteiger partial charge in [-0.05, 0) is 17.7 Å². The minimum absolute atomic E-state index is 0.131. The minimum atomic E-state index is 0.131. The summed E-state index contributed by atoms with van der Waals surface area (Å²) in [5.74, 6) is 0.131. The molecule has 0 amide bonds. The maximum atomic E-state index is 12.1. The number of hydrogen-bond acceptors (Lipinski definition) is 5. The lowest BCUT2D eigenvalue weighted by molar-refractivity contribution is -0.117. The summed E-state index contributed by atoms with van der Waals surface area (Å²) in [5, 5.41) is 3.36. The van der Waals surface area contributed by atoms with E-state index >= 15 is 0 Å². The van der Waals surface area contributed by atoms with Crippen LogP contribution in [-0.4, -0.2) is 15.8 Å². The first-order chi connectivity index (χ1) is 9.72. The van der Waals surface area contributed by atoms with Gasteiger partial charge in [-0.3, -0.25) is 9.78 Å². The van der Waals surface area contributed by atoms with Crippen LogP contribution in [-0.2, 0) is 17.6 Å². The Kier molecular flexibility index (Phi) is 3.43. The normalized spacial score (nSPS) is 10.8. The number of Topliss-reactive ketones (excluding diaryl/α,β-unsaturated/α-hetero) is 1. The molecule has 0 fully saturated rings. The van der Waals surface area contributed by atoms with Gasteiger partial charge in [0.1, 0.15) is 5.78 Å². The Morgan fingerprint density at radius 1 is 1.20 bits per heavy atom. The lowest BCUT2D eigenvalue weighted by Gasteiger charge is -2.04. The van der Waals surface area contributed by atoms with E-state index in [1.54, 1.807) is 6.20 Å². The molecule has 0 spiro atoms. The summed E-state index contributed by atoms with van der Waals surface area (Å²) in [7, 11) is 0. The monoisotopic (exact) mass is 283 g/mol. The number of para-hydroxylation sites is 1. The summed E-state index contributed by atoms with van der Waals surface area (Å²) in [6.45, 7) is 0. The van der Waals surface area contributed by atoms with Crippen molar-refractivity contribution in [2.45, 2.75) is 12.8 Å². The predicted molar refractivity (Wildman–Crippen MR) is 80.7 cm³/mol. The van der Waals surface area contributed by atoms with E-state index in [0.29, 0.717) is 18.0 Å². The van der Waals surface area contributed by atoms with Crippen molar-refractivity contribution in [3.63, 3.8) is 0 Å². The SMILES string of the molecule is Nc1nc(CC(=O)Cc2ccnc3ccccc23)cs1. The Morgan fingerprint density at radius 3 is 2.85 bits per heavy atom. The maximum absolute atomic E-state index is 12.1. The van der Waals surface area contributed by atoms with Crippen LogP contribution in [0.15, 0.2) is 41.9 Å². The van der Waals surface area contributed by atoms with Crippen molar-refractivity contribution < 1.29 is 4.79 Å². The summed E-state index contributed by atoms with van der Waals surface area (Å²) < 4.78 is 0. The highest BCUT2D eigenvalue weighted by atomic mass is 32.1. The Balaban J connectivity index is 1.81. The van der Waals surface area contributed by atoms with Crippen molar-refractivity contribution in [3.05, 3.63) is 53.2 Å². The van der Waals surface area contributed by atoms with Crippen LogP contribution < -0.4 is 5.73 Å². The molecule has 4 nitrogen and oxygen atoms in total. The first kappa shape index (κ1) is 12.7. The Morgan fingerprint density at radius 2 is 2.05 bits per heavy atom. The molecule has 0 bridgehead atoms. The molecule has 0 unspecified atom stereocenters. The number of benzene rings is 1. The minimum Gasteiger partial charge on any atom is -0.375 e. The first-order valence-corrected chi connectivity index (χ1v) is 7.14. The van der Waals surface area contributed by atoms with Gasteiger partial charge in [0, 0.05) is 29.8 Å². The number of fused-ring (bicyclic) bond motifs is 1. The van der Waals surface area contributed by atoms with E-state index in [2.05, 4.69) is 9.97 Å². The number of aromatic nitrogens is 2. The summed E-state index contributed by atoms with van der Waals surface area (Å²) in [6, 6.07) is 9.74. The number of nitrogens with zero attached hydrogens (tertiary/aromatic N) is 2. The third-order valence-electron chi connectivity index (χ3n) is 3.07. The van der Waals surface area contributed by atoms with Crippen molar-refractivity contribution >= 4 is 33.2 Å². The van der Waals surface area contributed by atoms with Crippen molar-refractivity contribution in [3.8, 4) is 0 Å². The van der Waals surface area contributed by atoms with E-state index in [9.17, 15) is 4.79 Å². The van der Waals surface area contributed by atoms with E-state index in [-0.39, 0.29) is 5.78 Å². The molecule has 0 saturated carbocycles. The zero-order chi connectivity index (χ0) is 13.9. The number of carbonyl (C=O) groups is 1. The highest BCUT2D eigenvalue weighted by Gasteiger charge is 2.10. The lowest BCUT2D eigenvalue weighted by atomic mass is 10.0. The molecular weight excluding hydrogens is 270 g/mol. The number of thiazole rings is 1. The fraction of sp³-hybridized carbons (Fsp3) is 0.133. The van der Waals surface area contributed by atoms with Gasteiger partial charge in [0.15, 0.2) is 5.13 Å². The highest BCUT2D eigenvalue weighted by Crippen LogP contribution is 2.18. The summed E-state index contributed by atoms with van der Waals surface area (Å²) in [6.07, 6.45) is 2.45. The van der Waals surface area contributed by atoms with Crippen molar-refractivity contribution in [1.82, 2.24) is 9.97 Å². The van der Waals surface area contributed by atoms with Crippen LogP contribution >= 0.6 is 11.3 Å². The van der Waals surface area contributed by atoms with Gasteiger partial charge in [-0.15, -0.1) is 11.3 Å². The van der Waals surface area contributed by atoms with E-state index in [4.69, 9.17) is 5.73 Å². The summed E-state index contributed by atoms with van der Waals surface area (Å²) in [4.78, 5) is 20.6. The number of nitrogen functional groups attached to an aromatic ring is 1. The molecule has 0 radical (unpaired) electrons. The van der Waals surface area contributed by atoms with Gasteiger partial charge >= 0.3 is 0 Å². The third kappa shape index (κ3) is 2.67. The van der Waals surface area contributed by atoms with Crippen molar-refractivity contribution in [2.24, 2.45) is 0 Å². The Bertz CT molecular complexity index is 761. The van der Waals surface area contributed by atoms with Crippen molar-refractivity contribution in [2.75, 3.05) is 5.73 Å². The average molecular weight is 283 g/mol. The van der Waals surface area contributed by atoms with Gasteiger partial charge in [0.05, 0.1) is 11.2 Å². The number of anilines is 1. The standard InChI is InChI=1S/C15H13N3OS/c16-15-18-11(9-20-15)8-12(19)7-10-5-6-17-14-4-2-1-3-13(10)14/h1-6,9H,7-8H2,(H2,16,18). The molecule has 20 heavy (non-hydrogen) atoms. The van der Waals surface area contributed by atoms with Crippen LogP contribution in [0.1, 0.15) is 11.3 Å². The number of nitrogens with two attached hydrogens (primary N) is 1. The van der Waals surface area contributed by atoms with E-state index < -0.39 is 0 Å². The van der Waals surface area contributed by atoms with Gasteiger partial charge < -0.3 is 5.73 Å². The number of hydrogen-bond donors (Lipinski definition) is 1. The maximum Gasteiger partial charge on any atom is 0.180 e. The smallest absolute Gasteiger partial charge is 0.180 e. The van der Waals surface area contributed by atoms with Crippen molar-refractivity contribution in [1.29, 1.82) is 0 Å². The topological polar surface area (TPSA) is 68.9 Å². The second-order valence-electron chi connectivity index (χ2n) is 4.56. The van der Waals surface area contributed by atoms with Crippen LogP contribution in [0.3, 0.4) is 0 Å². The average Bonchev–Trinajstić information content (AvgIpc) is 2.84. The molecule has 2 N–H and O–H groups in total. The highest BCUT2D eigenvalue weighted by molar-refractivity contribution is 7.13. The number of rotatable bonds is 4. The lowest BCUT2D eigenvalue weighted by Crippen LogP contribution is -2.07. The van der Waals surface area contributed by atoms with Gasteiger partial charge in [0.2, 0.25) is 0 Å². The second kappa shape index (κ2) is 5.38. The molecule has 2 heterocycles. The largest absolute Gasteiger partial charge is 0.375 e. The Labute approximate surface area is 120 Å². The van der Waals surface area contributed by atoms with Crippen LogP contribution in [0.25, 0.3) is 10.9 Å². The Hall–Kier alpha value is -2.27. The molecule has 3 rings (SSSR count). The molecule has 0 aliphatic rings. The quantitative estimate of drug-likeness (QED) is 0.799. The van der Waals surface area contributed by atoms with E-state index in [0.717, 1.165) is 22.2 Å². The zero-order valence-electron chi connectivity index (χ0n) is 10.7. The number of ketones is 1. The molecule has 2 aromatic heterocycles. The fourth-order valence-corrected chi connectivity index (χ4v) is 2.75. The zero-order valence-corrected chi connectivity index (χ0v) is 11.6. The molecule has 5 heteroatoms. The molecule has 0 aliphatic carbocycles. The molecule has 100 valence electrons. The number of pyridine rings is 1. The first-order valence-electron chi connectivity index (χ1n) is 6.26. The molecule has 0 aliphatic heterocycles. The molecule has 0 atom stereocenters. The fourth-order valence-electron chi connectivity index (χ4n) is 2.19.